The lowest BCUT2D eigenvalue weighted by Gasteiger charge is -2.08. The molecule has 2 N–H and O–H groups in total. The van der Waals surface area contributed by atoms with Gasteiger partial charge in [0.1, 0.15) is 5.82 Å². The van der Waals surface area contributed by atoms with Gasteiger partial charge in [0, 0.05) is 4.88 Å². The average Bonchev–Trinajstić information content (AvgIpc) is 3.12. The van der Waals surface area contributed by atoms with Crippen LogP contribution in [0, 0.1) is 5.82 Å². The van der Waals surface area contributed by atoms with Crippen LogP contribution in [0.4, 0.5) is 4.39 Å². The minimum Gasteiger partial charge on any atom is -0.454 e. The lowest BCUT2D eigenvalue weighted by Crippen LogP contribution is -2.31. The first-order valence-corrected chi connectivity index (χ1v) is 9.57. The molecular weight excluding hydrogens is 387 g/mol. The zero-order valence-corrected chi connectivity index (χ0v) is 14.9. The number of halogens is 1. The van der Waals surface area contributed by atoms with Crippen molar-refractivity contribution in [3.63, 3.8) is 0 Å². The third kappa shape index (κ3) is 6.52. The molecule has 26 heavy (non-hydrogen) atoms. The molecule has 2 rings (SSSR count). The Morgan fingerprint density at radius 3 is 2.50 bits per heavy atom. The Hall–Kier alpha value is -2.34. The third-order valence-corrected chi connectivity index (χ3v) is 4.99. The summed E-state index contributed by atoms with van der Waals surface area (Å²) in [4.78, 5) is 29.9. The van der Waals surface area contributed by atoms with Gasteiger partial charge in [-0.15, -0.1) is 11.3 Å². The second kappa shape index (κ2) is 9.38. The average molecular weight is 402 g/mol. The monoisotopic (exact) mass is 402 g/mol. The van der Waals surface area contributed by atoms with E-state index in [0.29, 0.717) is 6.54 Å². The molecular formula is C15H15FN2O6S2. The molecule has 1 aromatic heterocycles. The predicted octanol–water partition coefficient (Wildman–Crippen LogP) is 0.957. The summed E-state index contributed by atoms with van der Waals surface area (Å²) in [6.45, 7) is -0.932. The van der Waals surface area contributed by atoms with Gasteiger partial charge >= 0.3 is 5.97 Å². The molecule has 0 spiro atoms. The van der Waals surface area contributed by atoms with Crippen molar-refractivity contribution in [3.05, 3.63) is 52.5 Å². The summed E-state index contributed by atoms with van der Waals surface area (Å²) in [5, 5.41) is 4.43. The van der Waals surface area contributed by atoms with Gasteiger partial charge in [-0.3, -0.25) is 9.63 Å². The van der Waals surface area contributed by atoms with Crippen molar-refractivity contribution in [1.82, 2.24) is 10.2 Å². The Morgan fingerprint density at radius 2 is 1.85 bits per heavy atom. The Kier molecular flexibility index (Phi) is 7.21. The summed E-state index contributed by atoms with van der Waals surface area (Å²) in [7, 11) is -4.06. The summed E-state index contributed by atoms with van der Waals surface area (Å²) in [5.41, 5.74) is 0. The first kappa shape index (κ1) is 20.0. The maximum Gasteiger partial charge on any atom is 0.334 e. The highest BCUT2D eigenvalue weighted by Gasteiger charge is 2.15. The van der Waals surface area contributed by atoms with Gasteiger partial charge < -0.3 is 10.1 Å². The predicted molar refractivity (Wildman–Crippen MR) is 89.8 cm³/mol. The number of hydrogen-bond donors (Lipinski definition) is 2. The summed E-state index contributed by atoms with van der Waals surface area (Å²) in [6, 6.07) is 7.71. The van der Waals surface area contributed by atoms with Gasteiger partial charge in [0.2, 0.25) is 0 Å². The molecule has 0 saturated carbocycles. The maximum absolute atomic E-state index is 12.8. The first-order chi connectivity index (χ1) is 12.4. The fraction of sp³-hybridized carbons (Fsp3) is 0.200. The van der Waals surface area contributed by atoms with Gasteiger partial charge in [-0.1, -0.05) is 11.0 Å². The molecule has 0 aliphatic carbocycles. The highest BCUT2D eigenvalue weighted by atomic mass is 32.2. The van der Waals surface area contributed by atoms with E-state index in [4.69, 9.17) is 0 Å². The molecule has 0 bridgehead atoms. The summed E-state index contributed by atoms with van der Waals surface area (Å²) >= 11 is 1.47. The van der Waals surface area contributed by atoms with Crippen LogP contribution in [-0.4, -0.2) is 33.5 Å². The molecule has 0 unspecified atom stereocenters. The minimum absolute atomic E-state index is 0.236. The van der Waals surface area contributed by atoms with Gasteiger partial charge in [0.15, 0.2) is 13.2 Å². The van der Waals surface area contributed by atoms with Crippen LogP contribution in [0.25, 0.3) is 0 Å². The molecule has 11 heteroatoms. The van der Waals surface area contributed by atoms with Gasteiger partial charge in [-0.05, 0) is 35.7 Å². The second-order valence-corrected chi connectivity index (χ2v) is 7.52. The minimum atomic E-state index is -4.06. The molecule has 0 aliphatic rings. The molecule has 0 atom stereocenters. The standard InChI is InChI=1S/C15H15FN2O6S2/c16-11-3-5-13(6-4-11)26(21,22)18-24-10-15(20)23-9-14(19)17-8-12-2-1-7-25-12/h1-7,18H,8-10H2,(H,17,19). The van der Waals surface area contributed by atoms with Crippen LogP contribution < -0.4 is 10.2 Å². The van der Waals surface area contributed by atoms with E-state index in [0.717, 1.165) is 29.1 Å². The number of carbonyl (C=O) groups excluding carboxylic acids is 2. The molecule has 1 aromatic carbocycles. The van der Waals surface area contributed by atoms with Gasteiger partial charge in [-0.2, -0.15) is 0 Å². The number of amides is 1. The van der Waals surface area contributed by atoms with Crippen LogP contribution in [-0.2, 0) is 35.7 Å². The highest BCUT2D eigenvalue weighted by Crippen LogP contribution is 2.09. The molecule has 2 aromatic rings. The van der Waals surface area contributed by atoms with E-state index in [9.17, 15) is 22.4 Å². The van der Waals surface area contributed by atoms with Gasteiger partial charge in [0.05, 0.1) is 11.4 Å². The Bertz CT molecular complexity index is 838. The number of hydrogen-bond acceptors (Lipinski definition) is 7. The molecule has 140 valence electrons. The topological polar surface area (TPSA) is 111 Å². The SMILES string of the molecule is O=C(COC(=O)CONS(=O)(=O)c1ccc(F)cc1)NCc1cccs1. The van der Waals surface area contributed by atoms with Crippen molar-refractivity contribution < 1.29 is 32.0 Å². The van der Waals surface area contributed by atoms with E-state index in [1.54, 1.807) is 4.89 Å². The van der Waals surface area contributed by atoms with Crippen LogP contribution in [0.3, 0.4) is 0 Å². The van der Waals surface area contributed by atoms with Crippen molar-refractivity contribution >= 4 is 33.2 Å². The van der Waals surface area contributed by atoms with E-state index >= 15 is 0 Å². The number of ether oxygens (including phenoxy) is 1. The van der Waals surface area contributed by atoms with Crippen LogP contribution in [0.2, 0.25) is 0 Å². The normalized spacial score (nSPS) is 11.1. The van der Waals surface area contributed by atoms with Crippen molar-refractivity contribution in [2.24, 2.45) is 0 Å². The number of nitrogens with one attached hydrogen (secondary N) is 2. The quantitative estimate of drug-likeness (QED) is 0.477. The fourth-order valence-electron chi connectivity index (χ4n) is 1.67. The lowest BCUT2D eigenvalue weighted by atomic mass is 10.4. The molecule has 1 amide bonds. The van der Waals surface area contributed by atoms with Crippen LogP contribution in [0.15, 0.2) is 46.7 Å². The van der Waals surface area contributed by atoms with E-state index < -0.39 is 40.9 Å². The Balaban J connectivity index is 1.66. The number of benzene rings is 1. The number of rotatable bonds is 9. The zero-order valence-electron chi connectivity index (χ0n) is 13.3. The van der Waals surface area contributed by atoms with Crippen LogP contribution in [0.5, 0.6) is 0 Å². The van der Waals surface area contributed by atoms with Crippen LogP contribution >= 0.6 is 11.3 Å². The van der Waals surface area contributed by atoms with Crippen molar-refractivity contribution in [1.29, 1.82) is 0 Å². The smallest absolute Gasteiger partial charge is 0.334 e. The first-order valence-electron chi connectivity index (χ1n) is 7.21. The number of thiophene rings is 1. The molecule has 8 nitrogen and oxygen atoms in total. The molecule has 0 saturated heterocycles. The van der Waals surface area contributed by atoms with E-state index in [1.807, 2.05) is 17.5 Å². The number of esters is 1. The summed E-state index contributed by atoms with van der Waals surface area (Å²) in [5.74, 6) is -2.03. The second-order valence-electron chi connectivity index (χ2n) is 4.85. The molecule has 0 radical (unpaired) electrons. The van der Waals surface area contributed by atoms with Crippen LogP contribution in [0.1, 0.15) is 4.88 Å². The van der Waals surface area contributed by atoms with Crippen molar-refractivity contribution in [2.45, 2.75) is 11.4 Å². The van der Waals surface area contributed by atoms with E-state index in [2.05, 4.69) is 14.9 Å². The largest absolute Gasteiger partial charge is 0.454 e. The van der Waals surface area contributed by atoms with Gasteiger partial charge in [0.25, 0.3) is 15.9 Å². The number of sulfonamides is 1. The van der Waals surface area contributed by atoms with Gasteiger partial charge in [-0.25, -0.2) is 17.6 Å². The lowest BCUT2D eigenvalue weighted by molar-refractivity contribution is -0.154. The third-order valence-electron chi connectivity index (χ3n) is 2.89. The number of carbonyl (C=O) groups is 2. The summed E-state index contributed by atoms with van der Waals surface area (Å²) in [6.07, 6.45) is 0. The van der Waals surface area contributed by atoms with E-state index in [-0.39, 0.29) is 4.90 Å². The molecule has 0 aliphatic heterocycles. The highest BCUT2D eigenvalue weighted by molar-refractivity contribution is 7.89. The molecule has 0 fully saturated rings. The fourth-order valence-corrected chi connectivity index (χ4v) is 3.11. The Morgan fingerprint density at radius 1 is 1.12 bits per heavy atom. The van der Waals surface area contributed by atoms with Crippen molar-refractivity contribution in [3.8, 4) is 0 Å². The Labute approximate surface area is 152 Å². The van der Waals surface area contributed by atoms with E-state index in [1.165, 1.54) is 11.3 Å². The van der Waals surface area contributed by atoms with Crippen molar-refractivity contribution in [2.75, 3.05) is 13.2 Å². The molecule has 1 heterocycles. The summed E-state index contributed by atoms with van der Waals surface area (Å²) < 4.78 is 41.1. The zero-order chi connectivity index (χ0) is 19.0. The maximum atomic E-state index is 12.8.